The standard InChI is InChI=1S/C24H27N5O/c1-5-24(16-8-6-7-15(11-16)19-9-10-26-29(19)4)17-14-25-28-22(17)27-18-12-23(2,3)13-20(30)21(18)24/h6-11,14,22,27H,5,12-13H2,1-4H3/t22?,24-/m0/s1. The van der Waals surface area contributed by atoms with E-state index in [4.69, 9.17) is 0 Å². The number of fused-ring (bicyclic) bond motifs is 1. The van der Waals surface area contributed by atoms with Crippen molar-refractivity contribution in [3.63, 3.8) is 0 Å². The first-order valence-electron chi connectivity index (χ1n) is 10.6. The average molecular weight is 402 g/mol. The maximum absolute atomic E-state index is 13.5. The number of hydrogen-bond donors (Lipinski definition) is 1. The molecule has 0 bridgehead atoms. The highest BCUT2D eigenvalue weighted by atomic mass is 16.1. The van der Waals surface area contributed by atoms with Crippen molar-refractivity contribution in [2.45, 2.75) is 51.6 Å². The van der Waals surface area contributed by atoms with Gasteiger partial charge < -0.3 is 5.32 Å². The second kappa shape index (κ2) is 6.49. The van der Waals surface area contributed by atoms with Crippen molar-refractivity contribution in [1.82, 2.24) is 15.1 Å². The van der Waals surface area contributed by atoms with Crippen molar-refractivity contribution >= 4 is 5.78 Å². The Bertz CT molecular complexity index is 1140. The highest BCUT2D eigenvalue weighted by Crippen LogP contribution is 2.53. The molecule has 5 rings (SSSR count). The van der Waals surface area contributed by atoms with Crippen LogP contribution in [0.2, 0.25) is 0 Å². The van der Waals surface area contributed by atoms with E-state index >= 15 is 0 Å². The molecule has 0 saturated heterocycles. The lowest BCUT2D eigenvalue weighted by Crippen LogP contribution is -2.51. The Morgan fingerprint density at radius 1 is 1.23 bits per heavy atom. The van der Waals surface area contributed by atoms with Gasteiger partial charge in [-0.2, -0.15) is 15.3 Å². The van der Waals surface area contributed by atoms with Gasteiger partial charge in [0.25, 0.3) is 0 Å². The molecule has 6 nitrogen and oxygen atoms in total. The summed E-state index contributed by atoms with van der Waals surface area (Å²) in [5, 5.41) is 16.5. The minimum Gasteiger partial charge on any atom is -0.362 e. The second-order valence-corrected chi connectivity index (χ2v) is 9.34. The van der Waals surface area contributed by atoms with Crippen LogP contribution in [-0.4, -0.2) is 21.7 Å². The SMILES string of the molecule is CC[C@]1(c2cccc(-c3ccnn3C)c2)C2=CN=NC2NC2=C1C(=O)CC(C)(C)C2. The van der Waals surface area contributed by atoms with Crippen LogP contribution in [-0.2, 0) is 17.3 Å². The van der Waals surface area contributed by atoms with Crippen LogP contribution in [0.5, 0.6) is 0 Å². The van der Waals surface area contributed by atoms with Crippen LogP contribution in [0.1, 0.15) is 45.6 Å². The molecular formula is C24H27N5O. The van der Waals surface area contributed by atoms with E-state index in [1.165, 1.54) is 0 Å². The molecule has 1 unspecified atom stereocenters. The van der Waals surface area contributed by atoms with Gasteiger partial charge in [-0.15, -0.1) is 0 Å². The quantitative estimate of drug-likeness (QED) is 0.813. The fraction of sp³-hybridized carbons (Fsp3) is 0.417. The summed E-state index contributed by atoms with van der Waals surface area (Å²) in [7, 11) is 1.95. The lowest BCUT2D eigenvalue weighted by molar-refractivity contribution is -0.119. The maximum Gasteiger partial charge on any atom is 0.164 e. The monoisotopic (exact) mass is 401 g/mol. The molecule has 2 atom stereocenters. The zero-order chi connectivity index (χ0) is 21.1. The number of allylic oxidation sites excluding steroid dienone is 2. The fourth-order valence-electron chi connectivity index (χ4n) is 5.49. The summed E-state index contributed by atoms with van der Waals surface area (Å²) in [4.78, 5) is 13.5. The van der Waals surface area contributed by atoms with E-state index in [0.717, 1.165) is 46.5 Å². The lowest BCUT2D eigenvalue weighted by atomic mass is 9.58. The summed E-state index contributed by atoms with van der Waals surface area (Å²) in [5.74, 6) is 0.229. The predicted octanol–water partition coefficient (Wildman–Crippen LogP) is 4.66. The van der Waals surface area contributed by atoms with Gasteiger partial charge in [-0.25, -0.2) is 0 Å². The molecule has 154 valence electrons. The minimum atomic E-state index is -0.517. The zero-order valence-corrected chi connectivity index (χ0v) is 17.9. The van der Waals surface area contributed by atoms with Gasteiger partial charge in [0.2, 0.25) is 0 Å². The molecule has 30 heavy (non-hydrogen) atoms. The van der Waals surface area contributed by atoms with E-state index in [-0.39, 0.29) is 17.4 Å². The molecular weight excluding hydrogens is 374 g/mol. The van der Waals surface area contributed by atoms with Crippen molar-refractivity contribution in [1.29, 1.82) is 0 Å². The molecule has 3 heterocycles. The Hall–Kier alpha value is -3.02. The van der Waals surface area contributed by atoms with Gasteiger partial charge in [0.1, 0.15) is 0 Å². The van der Waals surface area contributed by atoms with Crippen LogP contribution in [0, 0.1) is 5.41 Å². The Morgan fingerprint density at radius 3 is 2.80 bits per heavy atom. The van der Waals surface area contributed by atoms with E-state index in [9.17, 15) is 4.79 Å². The number of ketones is 1. The molecule has 0 amide bonds. The van der Waals surface area contributed by atoms with Crippen LogP contribution >= 0.6 is 0 Å². The Balaban J connectivity index is 1.75. The van der Waals surface area contributed by atoms with Crippen molar-refractivity contribution in [3.05, 3.63) is 65.1 Å². The van der Waals surface area contributed by atoms with Gasteiger partial charge in [0.15, 0.2) is 11.9 Å². The molecule has 2 aliphatic heterocycles. The van der Waals surface area contributed by atoms with E-state index in [1.54, 1.807) is 0 Å². The van der Waals surface area contributed by atoms with Crippen LogP contribution < -0.4 is 5.32 Å². The minimum absolute atomic E-state index is 0.0596. The van der Waals surface area contributed by atoms with E-state index in [2.05, 4.69) is 65.7 Å². The van der Waals surface area contributed by atoms with Crippen LogP contribution in [0.4, 0.5) is 0 Å². The third-order valence-electron chi connectivity index (χ3n) is 6.78. The number of aromatic nitrogens is 2. The average Bonchev–Trinajstić information content (AvgIpc) is 3.34. The number of nitrogens with one attached hydrogen (secondary N) is 1. The van der Waals surface area contributed by atoms with Gasteiger partial charge in [-0.05, 0) is 36.0 Å². The van der Waals surface area contributed by atoms with Crippen molar-refractivity contribution in [3.8, 4) is 11.3 Å². The summed E-state index contributed by atoms with van der Waals surface area (Å²) in [6.45, 7) is 6.49. The summed E-state index contributed by atoms with van der Waals surface area (Å²) < 4.78 is 1.88. The molecule has 0 fully saturated rings. The zero-order valence-electron chi connectivity index (χ0n) is 17.9. The lowest BCUT2D eigenvalue weighted by Gasteiger charge is -2.47. The summed E-state index contributed by atoms with van der Waals surface area (Å²) in [6, 6.07) is 10.5. The first-order chi connectivity index (χ1) is 14.4. The van der Waals surface area contributed by atoms with Gasteiger partial charge in [0, 0.05) is 42.1 Å². The Labute approximate surface area is 176 Å². The number of benzene rings is 1. The van der Waals surface area contributed by atoms with Crippen LogP contribution in [0.3, 0.4) is 0 Å². The Kier molecular flexibility index (Phi) is 4.10. The Morgan fingerprint density at radius 2 is 2.07 bits per heavy atom. The topological polar surface area (TPSA) is 71.6 Å². The van der Waals surface area contributed by atoms with Crippen LogP contribution in [0.25, 0.3) is 11.3 Å². The molecule has 6 heteroatoms. The number of nitrogens with zero attached hydrogens (tertiary/aromatic N) is 4. The fourth-order valence-corrected chi connectivity index (χ4v) is 5.49. The van der Waals surface area contributed by atoms with Gasteiger partial charge in [-0.1, -0.05) is 39.0 Å². The van der Waals surface area contributed by atoms with Crippen molar-refractivity contribution < 1.29 is 4.79 Å². The molecule has 1 aliphatic carbocycles. The third-order valence-corrected chi connectivity index (χ3v) is 6.78. The van der Waals surface area contributed by atoms with Crippen LogP contribution in [0.15, 0.2) is 69.8 Å². The molecule has 1 aromatic heterocycles. The molecule has 1 aromatic carbocycles. The number of rotatable bonds is 3. The second-order valence-electron chi connectivity index (χ2n) is 9.34. The summed E-state index contributed by atoms with van der Waals surface area (Å²) in [6.07, 6.45) is 5.64. The third kappa shape index (κ3) is 2.62. The molecule has 1 N–H and O–H groups in total. The normalized spacial score (nSPS) is 26.9. The molecule has 3 aliphatic rings. The van der Waals surface area contributed by atoms with Gasteiger partial charge in [0.05, 0.1) is 17.3 Å². The smallest absolute Gasteiger partial charge is 0.164 e. The number of hydrogen-bond acceptors (Lipinski definition) is 5. The first-order valence-corrected chi connectivity index (χ1v) is 10.6. The van der Waals surface area contributed by atoms with Gasteiger partial charge in [-0.3, -0.25) is 9.48 Å². The van der Waals surface area contributed by atoms with E-state index < -0.39 is 5.41 Å². The molecule has 2 aromatic rings. The number of azo groups is 1. The molecule has 0 radical (unpaired) electrons. The van der Waals surface area contributed by atoms with Gasteiger partial charge >= 0.3 is 0 Å². The van der Waals surface area contributed by atoms with Crippen molar-refractivity contribution in [2.24, 2.45) is 22.7 Å². The largest absolute Gasteiger partial charge is 0.362 e. The summed E-state index contributed by atoms with van der Waals surface area (Å²) >= 11 is 0. The van der Waals surface area contributed by atoms with E-state index in [1.807, 2.05) is 30.2 Å². The van der Waals surface area contributed by atoms with E-state index in [0.29, 0.717) is 6.42 Å². The van der Waals surface area contributed by atoms with Crippen molar-refractivity contribution in [2.75, 3.05) is 0 Å². The number of aryl methyl sites for hydroxylation is 1. The number of carbonyl (C=O) groups excluding carboxylic acids is 1. The first kappa shape index (κ1) is 19.0. The molecule has 0 spiro atoms. The molecule has 0 saturated carbocycles. The maximum atomic E-state index is 13.5. The number of carbonyl (C=O) groups is 1. The highest BCUT2D eigenvalue weighted by molar-refractivity contribution is 6.01. The number of Topliss-reactive ketones (excluding diaryl/α,β-unsaturated/α-hetero) is 1. The summed E-state index contributed by atoms with van der Waals surface area (Å²) in [5.41, 5.74) is 5.69. The predicted molar refractivity (Wildman–Crippen MR) is 116 cm³/mol. The highest BCUT2D eigenvalue weighted by Gasteiger charge is 2.52.